The number of amides is 3. The molecule has 13 heteroatoms. The maximum Gasteiger partial charge on any atom is 0.573 e. The number of aliphatic hydroxyl groups is 1. The van der Waals surface area contributed by atoms with Gasteiger partial charge in [-0.1, -0.05) is 6.07 Å². The number of aromatic hydroxyl groups is 1. The molecule has 3 rings (SSSR count). The molecule has 32 heavy (non-hydrogen) atoms. The van der Waals surface area contributed by atoms with Gasteiger partial charge in [0.25, 0.3) is 0 Å². The number of rotatable bonds is 4. The minimum absolute atomic E-state index is 0.00880. The Bertz CT molecular complexity index is 1050. The number of carbonyl (C=O) groups excluding carboxylic acids is 2. The first-order chi connectivity index (χ1) is 14.7. The fourth-order valence-corrected chi connectivity index (χ4v) is 3.10. The second-order valence-electron chi connectivity index (χ2n) is 7.47. The summed E-state index contributed by atoms with van der Waals surface area (Å²) in [4.78, 5) is 29.7. The molecule has 1 aromatic heterocycles. The molecular formula is C19H18F4N4O5. The smallest absolute Gasteiger partial charge is 0.506 e. The zero-order valence-electron chi connectivity index (χ0n) is 16.7. The Labute approximate surface area is 178 Å². The van der Waals surface area contributed by atoms with Crippen LogP contribution in [0.5, 0.6) is 11.5 Å². The minimum Gasteiger partial charge on any atom is -0.506 e. The number of anilines is 2. The molecule has 0 saturated heterocycles. The number of nitrogens with one attached hydrogen (secondary N) is 2. The van der Waals surface area contributed by atoms with E-state index < -0.39 is 48.1 Å². The Morgan fingerprint density at radius 1 is 1.31 bits per heavy atom. The van der Waals surface area contributed by atoms with Gasteiger partial charge in [-0.25, -0.2) is 14.2 Å². The van der Waals surface area contributed by atoms with Gasteiger partial charge in [0.15, 0.2) is 17.4 Å². The van der Waals surface area contributed by atoms with Crippen LogP contribution >= 0.6 is 0 Å². The number of ether oxygens (including phenoxy) is 1. The lowest BCUT2D eigenvalue weighted by atomic mass is 9.91. The van der Waals surface area contributed by atoms with Gasteiger partial charge >= 0.3 is 12.4 Å². The van der Waals surface area contributed by atoms with Crippen molar-refractivity contribution in [2.75, 3.05) is 16.8 Å². The van der Waals surface area contributed by atoms with Crippen molar-refractivity contribution in [1.29, 1.82) is 0 Å². The zero-order valence-corrected chi connectivity index (χ0v) is 16.7. The summed E-state index contributed by atoms with van der Waals surface area (Å²) in [5.74, 6) is -3.26. The summed E-state index contributed by atoms with van der Waals surface area (Å²) in [7, 11) is 0. The third-order valence-corrected chi connectivity index (χ3v) is 4.42. The molecular weight excluding hydrogens is 440 g/mol. The van der Waals surface area contributed by atoms with Crippen molar-refractivity contribution in [1.82, 2.24) is 10.3 Å². The molecule has 3 amide bonds. The van der Waals surface area contributed by atoms with Gasteiger partial charge in [-0.05, 0) is 31.5 Å². The fraction of sp³-hybridized carbons (Fsp3) is 0.316. The molecule has 0 bridgehead atoms. The van der Waals surface area contributed by atoms with E-state index in [0.29, 0.717) is 6.07 Å². The number of pyridine rings is 1. The standard InChI is InChI=1S/C19H18F4N4O5/c1-18(2,31)15(9-3-4-13(11(20)5-9)32-19(21,22)23)26-17(30)27-8-14(29)25-12-6-10(28)7-24-16(12)27/h3-7,15,28,31H,8H2,1-2H3,(H,25,29)(H,26,30). The number of aromatic nitrogens is 1. The molecule has 2 aromatic rings. The number of carbonyl (C=O) groups is 2. The van der Waals surface area contributed by atoms with Gasteiger partial charge in [0.1, 0.15) is 12.3 Å². The SMILES string of the molecule is CC(C)(O)C(NC(=O)N1CC(=O)Nc2cc(O)cnc21)c1ccc(OC(F)(F)F)c(F)c1. The summed E-state index contributed by atoms with van der Waals surface area (Å²) in [6.07, 6.45) is -4.05. The van der Waals surface area contributed by atoms with Crippen LogP contribution in [0.25, 0.3) is 0 Å². The Morgan fingerprint density at radius 2 is 2.00 bits per heavy atom. The van der Waals surface area contributed by atoms with Gasteiger partial charge in [-0.3, -0.25) is 9.69 Å². The van der Waals surface area contributed by atoms with E-state index in [1.807, 2.05) is 0 Å². The van der Waals surface area contributed by atoms with E-state index in [9.17, 15) is 37.4 Å². The first kappa shape index (κ1) is 23.1. The minimum atomic E-state index is -5.10. The molecule has 0 aliphatic carbocycles. The van der Waals surface area contributed by atoms with Crippen LogP contribution < -0.4 is 20.3 Å². The van der Waals surface area contributed by atoms with Gasteiger partial charge in [-0.2, -0.15) is 0 Å². The van der Waals surface area contributed by atoms with E-state index >= 15 is 0 Å². The van der Waals surface area contributed by atoms with Crippen LogP contribution in [-0.2, 0) is 4.79 Å². The summed E-state index contributed by atoms with van der Waals surface area (Å²) in [5, 5.41) is 24.9. The lowest BCUT2D eigenvalue weighted by Gasteiger charge is -2.34. The Hall–Kier alpha value is -3.61. The quantitative estimate of drug-likeness (QED) is 0.523. The number of hydrogen-bond donors (Lipinski definition) is 4. The molecule has 0 fully saturated rings. The summed E-state index contributed by atoms with van der Waals surface area (Å²) >= 11 is 0. The predicted molar refractivity (Wildman–Crippen MR) is 103 cm³/mol. The Morgan fingerprint density at radius 3 is 2.59 bits per heavy atom. The summed E-state index contributed by atoms with van der Waals surface area (Å²) in [6, 6.07) is 1.45. The van der Waals surface area contributed by atoms with Gasteiger partial charge in [-0.15, -0.1) is 13.2 Å². The molecule has 4 N–H and O–H groups in total. The number of nitrogens with zero attached hydrogens (tertiary/aromatic N) is 2. The lowest BCUT2D eigenvalue weighted by Crippen LogP contribution is -2.51. The Kier molecular flexibility index (Phi) is 5.87. The number of halogens is 4. The molecule has 2 heterocycles. The van der Waals surface area contributed by atoms with Crippen LogP contribution in [0.15, 0.2) is 30.5 Å². The summed E-state index contributed by atoms with van der Waals surface area (Å²) in [6.45, 7) is 2.15. The van der Waals surface area contributed by atoms with Crippen LogP contribution in [0.3, 0.4) is 0 Å². The van der Waals surface area contributed by atoms with E-state index in [0.717, 1.165) is 23.2 Å². The van der Waals surface area contributed by atoms with Crippen molar-refractivity contribution >= 4 is 23.4 Å². The monoisotopic (exact) mass is 458 g/mol. The van der Waals surface area contributed by atoms with E-state index in [1.54, 1.807) is 0 Å². The van der Waals surface area contributed by atoms with Gasteiger partial charge in [0, 0.05) is 6.07 Å². The highest BCUT2D eigenvalue weighted by molar-refractivity contribution is 6.08. The normalized spacial score (nSPS) is 15.0. The number of alkyl halides is 3. The largest absolute Gasteiger partial charge is 0.573 e. The molecule has 1 aliphatic heterocycles. The van der Waals surface area contributed by atoms with E-state index in [1.165, 1.54) is 19.9 Å². The van der Waals surface area contributed by atoms with Crippen LogP contribution in [0, 0.1) is 5.82 Å². The number of fused-ring (bicyclic) bond motifs is 1. The lowest BCUT2D eigenvalue weighted by molar-refractivity contribution is -0.275. The van der Waals surface area contributed by atoms with Crippen molar-refractivity contribution in [2.45, 2.75) is 31.9 Å². The average molecular weight is 458 g/mol. The van der Waals surface area contributed by atoms with Crippen molar-refractivity contribution < 1.29 is 42.1 Å². The third kappa shape index (κ3) is 5.17. The van der Waals surface area contributed by atoms with Crippen LogP contribution in [0.2, 0.25) is 0 Å². The molecule has 9 nitrogen and oxygen atoms in total. The molecule has 1 unspecified atom stereocenters. The summed E-state index contributed by atoms with van der Waals surface area (Å²) < 4.78 is 54.9. The fourth-order valence-electron chi connectivity index (χ4n) is 3.10. The highest BCUT2D eigenvalue weighted by Gasteiger charge is 2.36. The predicted octanol–water partition coefficient (Wildman–Crippen LogP) is 2.81. The second-order valence-corrected chi connectivity index (χ2v) is 7.47. The Balaban J connectivity index is 1.90. The molecule has 0 radical (unpaired) electrons. The van der Waals surface area contributed by atoms with Crippen molar-refractivity contribution in [3.8, 4) is 11.5 Å². The molecule has 1 aliphatic rings. The molecule has 0 saturated carbocycles. The highest BCUT2D eigenvalue weighted by Crippen LogP contribution is 2.33. The van der Waals surface area contributed by atoms with Crippen molar-refractivity contribution in [3.05, 3.63) is 41.8 Å². The van der Waals surface area contributed by atoms with E-state index in [4.69, 9.17) is 0 Å². The first-order valence-corrected chi connectivity index (χ1v) is 9.09. The van der Waals surface area contributed by atoms with Crippen LogP contribution in [0.4, 0.5) is 33.9 Å². The van der Waals surface area contributed by atoms with Crippen LogP contribution in [-0.4, -0.2) is 45.6 Å². The summed E-state index contributed by atoms with van der Waals surface area (Å²) in [5.41, 5.74) is -1.69. The van der Waals surface area contributed by atoms with Gasteiger partial charge in [0.2, 0.25) is 5.91 Å². The highest BCUT2D eigenvalue weighted by atomic mass is 19.4. The molecule has 1 aromatic carbocycles. The maximum atomic E-state index is 14.2. The van der Waals surface area contributed by atoms with Crippen molar-refractivity contribution in [2.24, 2.45) is 0 Å². The number of benzene rings is 1. The third-order valence-electron chi connectivity index (χ3n) is 4.42. The number of urea groups is 1. The van der Waals surface area contributed by atoms with Gasteiger partial charge in [0.05, 0.1) is 23.5 Å². The second kappa shape index (κ2) is 8.15. The average Bonchev–Trinajstić information content (AvgIpc) is 2.64. The zero-order chi connectivity index (χ0) is 23.8. The van der Waals surface area contributed by atoms with E-state index in [-0.39, 0.29) is 22.8 Å². The maximum absolute atomic E-state index is 14.2. The molecule has 1 atom stereocenters. The number of hydrogen-bond acceptors (Lipinski definition) is 6. The van der Waals surface area contributed by atoms with Crippen molar-refractivity contribution in [3.63, 3.8) is 0 Å². The van der Waals surface area contributed by atoms with E-state index in [2.05, 4.69) is 20.4 Å². The first-order valence-electron chi connectivity index (χ1n) is 9.09. The topological polar surface area (TPSA) is 124 Å². The van der Waals surface area contributed by atoms with Gasteiger partial charge < -0.3 is 25.6 Å². The van der Waals surface area contributed by atoms with Crippen LogP contribution in [0.1, 0.15) is 25.5 Å². The molecule has 172 valence electrons. The molecule has 0 spiro atoms.